The molecule has 2 aromatic carbocycles. The number of fused-ring (bicyclic) bond motifs is 2. The second-order valence-corrected chi connectivity index (χ2v) is 14.2. The van der Waals surface area contributed by atoms with Crippen LogP contribution < -0.4 is 11.1 Å². The number of benzene rings is 2. The third-order valence-corrected chi connectivity index (χ3v) is 11.1. The molecule has 51 heavy (non-hydrogen) atoms. The minimum atomic E-state index is -1.07. The molecule has 3 fully saturated rings. The van der Waals surface area contributed by atoms with Crippen LogP contribution in [0.15, 0.2) is 45.6 Å². The number of aryl methyl sites for hydroxylation is 1. The molecule has 272 valence electrons. The maximum atomic E-state index is 14.1. The van der Waals surface area contributed by atoms with E-state index in [9.17, 15) is 24.0 Å². The fourth-order valence-electron chi connectivity index (χ4n) is 8.16. The number of carbonyl (C=O) groups excluding carboxylic acids is 4. The number of hydrogen-bond donors (Lipinski definition) is 2. The Morgan fingerprint density at radius 3 is 2.27 bits per heavy atom. The Kier molecular flexibility index (Phi) is 10.0. The molecule has 1 unspecified atom stereocenters. The number of piperazine rings is 1. The molecule has 14 nitrogen and oxygen atoms in total. The number of anilines is 1. The number of ether oxygens (including phenoxy) is 1. The Hall–Kier alpha value is -4.85. The zero-order valence-electron chi connectivity index (χ0n) is 29.4. The first-order chi connectivity index (χ1) is 24.6. The van der Waals surface area contributed by atoms with E-state index in [-0.39, 0.29) is 30.3 Å². The minimum absolute atomic E-state index is 0.0155. The highest BCUT2D eigenvalue weighted by Crippen LogP contribution is 2.27. The van der Waals surface area contributed by atoms with Crippen molar-refractivity contribution in [2.24, 2.45) is 0 Å². The molecule has 0 saturated carbocycles. The second kappa shape index (κ2) is 14.8. The van der Waals surface area contributed by atoms with Gasteiger partial charge in [-0.15, -0.1) is 0 Å². The zero-order valence-corrected chi connectivity index (χ0v) is 29.4. The van der Waals surface area contributed by atoms with Gasteiger partial charge in [0.1, 0.15) is 0 Å². The molecule has 14 heteroatoms. The van der Waals surface area contributed by atoms with Gasteiger partial charge in [0.2, 0.25) is 5.91 Å². The van der Waals surface area contributed by atoms with Crippen molar-refractivity contribution in [2.45, 2.75) is 70.6 Å². The first kappa shape index (κ1) is 34.6. The number of hydrogen-bond acceptors (Lipinski definition) is 8. The molecule has 1 aromatic heterocycles. The Morgan fingerprint density at radius 2 is 1.55 bits per heavy atom. The van der Waals surface area contributed by atoms with Crippen LogP contribution in [-0.4, -0.2) is 131 Å². The van der Waals surface area contributed by atoms with Gasteiger partial charge in [-0.1, -0.05) is 24.3 Å². The molecule has 4 aliphatic rings. The molecule has 1 atom stereocenters. The van der Waals surface area contributed by atoms with Crippen molar-refractivity contribution >= 4 is 40.7 Å². The van der Waals surface area contributed by atoms with E-state index in [0.29, 0.717) is 75.8 Å². The normalized spacial score (nSPS) is 20.2. The van der Waals surface area contributed by atoms with E-state index in [2.05, 4.69) is 15.2 Å². The summed E-state index contributed by atoms with van der Waals surface area (Å²) in [4.78, 5) is 76.9. The Morgan fingerprint density at radius 1 is 0.863 bits per heavy atom. The average Bonchev–Trinajstić information content (AvgIpc) is 3.43. The highest BCUT2D eigenvalue weighted by atomic mass is 16.6. The Bertz CT molecular complexity index is 1830. The number of aromatic amines is 1. The molecule has 5 heterocycles. The molecular formula is C37H47N7O7. The number of oxazole rings is 1. The minimum Gasteiger partial charge on any atom is -0.436 e. The number of carbonyl (C=O) groups is 4. The molecule has 3 saturated heterocycles. The summed E-state index contributed by atoms with van der Waals surface area (Å²) >= 11 is 0. The first-order valence-electron chi connectivity index (χ1n) is 18.1. The van der Waals surface area contributed by atoms with Crippen molar-refractivity contribution in [2.75, 3.05) is 64.2 Å². The smallest absolute Gasteiger partial charge is 0.417 e. The number of urea groups is 1. The van der Waals surface area contributed by atoms with Gasteiger partial charge in [0.15, 0.2) is 11.7 Å². The first-order valence-corrected chi connectivity index (χ1v) is 18.1. The number of amides is 5. The van der Waals surface area contributed by atoms with E-state index in [4.69, 9.17) is 9.15 Å². The van der Waals surface area contributed by atoms with Crippen LogP contribution in [-0.2, 0) is 27.2 Å². The van der Waals surface area contributed by atoms with Crippen molar-refractivity contribution in [1.82, 2.24) is 29.5 Å². The summed E-state index contributed by atoms with van der Waals surface area (Å²) in [6, 6.07) is 11.6. The number of H-pyrrole nitrogens is 1. The number of piperidine rings is 2. The number of aromatic nitrogens is 1. The predicted molar refractivity (Wildman–Crippen MR) is 189 cm³/mol. The lowest BCUT2D eigenvalue weighted by atomic mass is 9.99. The fourth-order valence-corrected chi connectivity index (χ4v) is 8.16. The van der Waals surface area contributed by atoms with E-state index in [0.717, 1.165) is 54.7 Å². The highest BCUT2D eigenvalue weighted by Gasteiger charge is 2.37. The molecule has 0 bridgehead atoms. The largest absolute Gasteiger partial charge is 0.436 e. The summed E-state index contributed by atoms with van der Waals surface area (Å²) in [6.45, 7) is 9.04. The predicted octanol–water partition coefficient (Wildman–Crippen LogP) is 3.19. The van der Waals surface area contributed by atoms with E-state index in [1.165, 1.54) is 0 Å². The standard InChI is InChI=1S/C37H47N7O7/c1-24-21-26(22-31-33(24)39-36(48)50-31)23-32(34(46)42-12-8-28(9-13-42)41-19-17-40(18-20-41)25(2)45)51-37(49)43-14-10-29(11-15-43)44-16-7-27-5-3-4-6-30(27)38-35(44)47/h3-6,21-22,28-29,32H,7-20,23H2,1-2H3,(H,38,47)(H,39,48). The van der Waals surface area contributed by atoms with Crippen LogP contribution in [0.4, 0.5) is 15.3 Å². The maximum absolute atomic E-state index is 14.1. The average molecular weight is 702 g/mol. The van der Waals surface area contributed by atoms with Crippen molar-refractivity contribution < 1.29 is 28.3 Å². The lowest BCUT2D eigenvalue weighted by Crippen LogP contribution is -2.55. The molecule has 0 spiro atoms. The van der Waals surface area contributed by atoms with E-state index < -0.39 is 18.0 Å². The summed E-state index contributed by atoms with van der Waals surface area (Å²) in [6.07, 6.45) is 2.08. The fraction of sp³-hybridized carbons (Fsp3) is 0.541. The van der Waals surface area contributed by atoms with Crippen molar-refractivity contribution in [1.29, 1.82) is 0 Å². The third-order valence-electron chi connectivity index (χ3n) is 11.1. The Labute approximate surface area is 296 Å². The Balaban J connectivity index is 0.999. The van der Waals surface area contributed by atoms with Gasteiger partial charge in [0.25, 0.3) is 5.91 Å². The van der Waals surface area contributed by atoms with Crippen molar-refractivity contribution in [3.63, 3.8) is 0 Å². The number of rotatable bonds is 6. The van der Waals surface area contributed by atoms with Crippen LogP contribution >= 0.6 is 0 Å². The summed E-state index contributed by atoms with van der Waals surface area (Å²) in [5.41, 5.74) is 4.44. The van der Waals surface area contributed by atoms with Gasteiger partial charge in [-0.25, -0.2) is 14.4 Å². The van der Waals surface area contributed by atoms with Crippen LogP contribution in [0.25, 0.3) is 11.1 Å². The van der Waals surface area contributed by atoms with Gasteiger partial charge in [-0.05, 0) is 67.9 Å². The molecule has 7 rings (SSSR count). The number of likely N-dealkylation sites (tertiary alicyclic amines) is 2. The van der Waals surface area contributed by atoms with Crippen molar-refractivity contribution in [3.05, 3.63) is 63.6 Å². The topological polar surface area (TPSA) is 152 Å². The molecule has 0 radical (unpaired) electrons. The molecular weight excluding hydrogens is 654 g/mol. The second-order valence-electron chi connectivity index (χ2n) is 14.2. The van der Waals surface area contributed by atoms with E-state index in [1.54, 1.807) is 22.8 Å². The van der Waals surface area contributed by atoms with Crippen LogP contribution in [0.5, 0.6) is 0 Å². The van der Waals surface area contributed by atoms with Gasteiger partial charge >= 0.3 is 17.9 Å². The van der Waals surface area contributed by atoms with Gasteiger partial charge in [0, 0.05) is 90.0 Å². The maximum Gasteiger partial charge on any atom is 0.417 e. The quantitative estimate of drug-likeness (QED) is 0.398. The molecule has 3 aromatic rings. The summed E-state index contributed by atoms with van der Waals surface area (Å²) in [5, 5.41) is 3.04. The van der Waals surface area contributed by atoms with Gasteiger partial charge in [-0.3, -0.25) is 19.5 Å². The van der Waals surface area contributed by atoms with Crippen LogP contribution in [0.3, 0.4) is 0 Å². The molecule has 4 aliphatic heterocycles. The SMILES string of the molecule is CC(=O)N1CCN(C2CCN(C(=O)C(Cc3cc(C)c4[nH]c(=O)oc4c3)OC(=O)N3CCC(N4CCc5ccccc5NC4=O)CC3)CC2)CC1. The zero-order chi connectivity index (χ0) is 35.6. The highest BCUT2D eigenvalue weighted by molar-refractivity contribution is 5.91. The lowest BCUT2D eigenvalue weighted by Gasteiger charge is -2.43. The molecule has 0 aliphatic carbocycles. The van der Waals surface area contributed by atoms with E-state index >= 15 is 0 Å². The number of nitrogens with one attached hydrogen (secondary N) is 2. The van der Waals surface area contributed by atoms with Gasteiger partial charge < -0.3 is 34.1 Å². The summed E-state index contributed by atoms with van der Waals surface area (Å²) < 4.78 is 11.4. The van der Waals surface area contributed by atoms with Crippen LogP contribution in [0, 0.1) is 6.92 Å². The molecule has 5 amide bonds. The number of para-hydroxylation sites is 1. The summed E-state index contributed by atoms with van der Waals surface area (Å²) in [5.74, 6) is -0.697. The summed E-state index contributed by atoms with van der Waals surface area (Å²) in [7, 11) is 0. The van der Waals surface area contributed by atoms with E-state index in [1.807, 2.05) is 47.1 Å². The van der Waals surface area contributed by atoms with Crippen LogP contribution in [0.2, 0.25) is 0 Å². The lowest BCUT2D eigenvalue weighted by molar-refractivity contribution is -0.143. The monoisotopic (exact) mass is 701 g/mol. The van der Waals surface area contributed by atoms with Crippen LogP contribution in [0.1, 0.15) is 49.3 Å². The van der Waals surface area contributed by atoms with Crippen molar-refractivity contribution in [3.8, 4) is 0 Å². The molecule has 2 N–H and O–H groups in total. The third kappa shape index (κ3) is 7.60. The van der Waals surface area contributed by atoms with Gasteiger partial charge in [0.05, 0.1) is 5.52 Å². The van der Waals surface area contributed by atoms with Gasteiger partial charge in [-0.2, -0.15) is 0 Å². The number of nitrogens with zero attached hydrogens (tertiary/aromatic N) is 5.